The number of hydrogen-bond donors (Lipinski definition) is 0. The Kier molecular flexibility index (Phi) is 3.06. The fourth-order valence-electron chi connectivity index (χ4n) is 1.22. The van der Waals surface area contributed by atoms with Crippen LogP contribution in [-0.2, 0) is 4.74 Å². The van der Waals surface area contributed by atoms with Gasteiger partial charge in [0.1, 0.15) is 6.10 Å². The molecule has 0 aliphatic carbocycles. The quantitative estimate of drug-likeness (QED) is 0.730. The van der Waals surface area contributed by atoms with Crippen molar-refractivity contribution in [1.29, 1.82) is 0 Å². The molecule has 0 bridgehead atoms. The Labute approximate surface area is 92.5 Å². The normalized spacial score (nSPS) is 22.7. The summed E-state index contributed by atoms with van der Waals surface area (Å²) >= 11 is 1.48. The molecule has 0 spiro atoms. The van der Waals surface area contributed by atoms with Gasteiger partial charge < -0.3 is 4.74 Å². The zero-order valence-corrected chi connectivity index (χ0v) is 9.16. The first-order valence-corrected chi connectivity index (χ1v) is 5.72. The highest BCUT2D eigenvalue weighted by atomic mass is 32.2. The number of hydrogen-bond acceptors (Lipinski definition) is 3. The van der Waals surface area contributed by atoms with Crippen LogP contribution in [0.3, 0.4) is 0 Å². The number of amides is 1. The van der Waals surface area contributed by atoms with Crippen LogP contribution in [0.25, 0.3) is 0 Å². The van der Waals surface area contributed by atoms with Crippen molar-refractivity contribution in [2.45, 2.75) is 13.0 Å². The largest absolute Gasteiger partial charge is 0.469 e. The number of nitrogens with zero attached hydrogens (tertiary/aromatic N) is 1. The lowest BCUT2D eigenvalue weighted by atomic mass is 10.2. The van der Waals surface area contributed by atoms with E-state index in [0.29, 0.717) is 10.8 Å². The first-order chi connectivity index (χ1) is 7.25. The van der Waals surface area contributed by atoms with Gasteiger partial charge in [0.15, 0.2) is 0 Å². The Hall–Kier alpha value is -1.29. The van der Waals surface area contributed by atoms with Crippen LogP contribution in [0.15, 0.2) is 35.3 Å². The zero-order chi connectivity index (χ0) is 10.7. The van der Waals surface area contributed by atoms with Crippen molar-refractivity contribution in [2.24, 2.45) is 4.99 Å². The monoisotopic (exact) mass is 221 g/mol. The van der Waals surface area contributed by atoms with E-state index in [1.807, 2.05) is 25.1 Å². The average Bonchev–Trinajstić information content (AvgIpc) is 2.65. The van der Waals surface area contributed by atoms with E-state index in [4.69, 9.17) is 4.74 Å². The standard InChI is InChI=1S/C11H11NO2S/c1-8-7-15-11(14-8)12-10(13)9-5-3-2-4-6-9/h2-6,8H,7H2,1H3. The smallest absolute Gasteiger partial charge is 0.280 e. The number of rotatable bonds is 1. The minimum Gasteiger partial charge on any atom is -0.469 e. The van der Waals surface area contributed by atoms with Crippen LogP contribution in [0.1, 0.15) is 17.3 Å². The second-order valence-corrected chi connectivity index (χ2v) is 4.26. The molecule has 1 aromatic rings. The molecular weight excluding hydrogens is 210 g/mol. The molecule has 3 nitrogen and oxygen atoms in total. The van der Waals surface area contributed by atoms with Crippen molar-refractivity contribution in [2.75, 3.05) is 5.75 Å². The highest BCUT2D eigenvalue weighted by Crippen LogP contribution is 2.20. The van der Waals surface area contributed by atoms with Crippen molar-refractivity contribution in [3.05, 3.63) is 35.9 Å². The molecule has 4 heteroatoms. The molecule has 1 amide bonds. The van der Waals surface area contributed by atoms with Gasteiger partial charge in [-0.3, -0.25) is 4.79 Å². The molecule has 1 fully saturated rings. The second-order valence-electron chi connectivity index (χ2n) is 3.29. The summed E-state index contributed by atoms with van der Waals surface area (Å²) < 4.78 is 5.35. The lowest BCUT2D eigenvalue weighted by Gasteiger charge is -2.00. The summed E-state index contributed by atoms with van der Waals surface area (Å²) in [6, 6.07) is 9.00. The van der Waals surface area contributed by atoms with Gasteiger partial charge in [0.25, 0.3) is 11.1 Å². The van der Waals surface area contributed by atoms with E-state index in [0.717, 1.165) is 5.75 Å². The van der Waals surface area contributed by atoms with Gasteiger partial charge in [-0.05, 0) is 19.1 Å². The number of benzene rings is 1. The molecule has 0 aromatic heterocycles. The SMILES string of the molecule is CC1CSC(=NC(=O)c2ccccc2)O1. The Bertz CT molecular complexity index is 389. The maximum Gasteiger partial charge on any atom is 0.280 e. The molecule has 78 valence electrons. The van der Waals surface area contributed by atoms with Crippen molar-refractivity contribution in [3.63, 3.8) is 0 Å². The first kappa shape index (κ1) is 10.2. The molecule has 1 aliphatic rings. The van der Waals surface area contributed by atoms with Gasteiger partial charge in [-0.1, -0.05) is 30.0 Å². The molecular formula is C11H11NO2S. The minimum atomic E-state index is -0.243. The average molecular weight is 221 g/mol. The van der Waals surface area contributed by atoms with Crippen LogP contribution in [0.5, 0.6) is 0 Å². The molecule has 2 rings (SSSR count). The number of aliphatic imine (C=N–C) groups is 1. The fraction of sp³-hybridized carbons (Fsp3) is 0.273. The van der Waals surface area contributed by atoms with E-state index in [1.54, 1.807) is 12.1 Å². The lowest BCUT2D eigenvalue weighted by Crippen LogP contribution is -2.05. The number of ether oxygens (including phenoxy) is 1. The Morgan fingerprint density at radius 2 is 2.20 bits per heavy atom. The second kappa shape index (κ2) is 4.49. The highest BCUT2D eigenvalue weighted by molar-refractivity contribution is 8.13. The van der Waals surface area contributed by atoms with Gasteiger partial charge in [0, 0.05) is 11.3 Å². The first-order valence-electron chi connectivity index (χ1n) is 4.73. The van der Waals surface area contributed by atoms with Gasteiger partial charge in [-0.25, -0.2) is 0 Å². The molecule has 15 heavy (non-hydrogen) atoms. The van der Waals surface area contributed by atoms with Crippen molar-refractivity contribution in [3.8, 4) is 0 Å². The van der Waals surface area contributed by atoms with E-state index >= 15 is 0 Å². The summed E-state index contributed by atoms with van der Waals surface area (Å²) in [7, 11) is 0. The summed E-state index contributed by atoms with van der Waals surface area (Å²) in [5, 5.41) is 0.483. The molecule has 1 unspecified atom stereocenters. The van der Waals surface area contributed by atoms with E-state index < -0.39 is 0 Å². The summed E-state index contributed by atoms with van der Waals surface area (Å²) in [5.41, 5.74) is 0.591. The maximum atomic E-state index is 11.6. The minimum absolute atomic E-state index is 0.150. The van der Waals surface area contributed by atoms with Crippen LogP contribution in [0, 0.1) is 0 Å². The van der Waals surface area contributed by atoms with E-state index in [-0.39, 0.29) is 12.0 Å². The summed E-state index contributed by atoms with van der Waals surface area (Å²) in [5.74, 6) is 0.619. The van der Waals surface area contributed by atoms with Gasteiger partial charge in [-0.15, -0.1) is 0 Å². The van der Waals surface area contributed by atoms with Gasteiger partial charge in [0.05, 0.1) is 0 Å². The van der Waals surface area contributed by atoms with E-state index in [9.17, 15) is 4.79 Å². The molecule has 0 saturated carbocycles. The molecule has 1 saturated heterocycles. The summed E-state index contributed by atoms with van der Waals surface area (Å²) in [6.45, 7) is 1.96. The highest BCUT2D eigenvalue weighted by Gasteiger charge is 2.19. The third-order valence-electron chi connectivity index (χ3n) is 1.96. The third kappa shape index (κ3) is 2.59. The number of carbonyl (C=O) groups is 1. The number of thioether (sulfide) groups is 1. The zero-order valence-electron chi connectivity index (χ0n) is 8.34. The predicted molar refractivity (Wildman–Crippen MR) is 61.2 cm³/mol. The molecule has 1 atom stereocenters. The predicted octanol–water partition coefficient (Wildman–Crippen LogP) is 2.33. The topological polar surface area (TPSA) is 38.7 Å². The van der Waals surface area contributed by atoms with Crippen molar-refractivity contribution >= 4 is 22.9 Å². The molecule has 0 N–H and O–H groups in total. The van der Waals surface area contributed by atoms with Crippen LogP contribution in [0.2, 0.25) is 0 Å². The van der Waals surface area contributed by atoms with Gasteiger partial charge in [0.2, 0.25) is 0 Å². The van der Waals surface area contributed by atoms with Crippen LogP contribution in [-0.4, -0.2) is 23.0 Å². The Morgan fingerprint density at radius 1 is 1.47 bits per heavy atom. The third-order valence-corrected chi connectivity index (χ3v) is 3.03. The van der Waals surface area contributed by atoms with E-state index in [2.05, 4.69) is 4.99 Å². The van der Waals surface area contributed by atoms with Crippen LogP contribution in [0.4, 0.5) is 0 Å². The summed E-state index contributed by atoms with van der Waals surface area (Å²) in [4.78, 5) is 15.5. The maximum absolute atomic E-state index is 11.6. The van der Waals surface area contributed by atoms with Gasteiger partial charge >= 0.3 is 0 Å². The molecule has 1 heterocycles. The Morgan fingerprint density at radius 3 is 2.80 bits per heavy atom. The van der Waals surface area contributed by atoms with E-state index in [1.165, 1.54) is 11.8 Å². The van der Waals surface area contributed by atoms with Crippen LogP contribution < -0.4 is 0 Å². The fourth-order valence-corrected chi connectivity index (χ4v) is 2.04. The molecule has 1 aromatic carbocycles. The van der Waals surface area contributed by atoms with Crippen LogP contribution >= 0.6 is 11.8 Å². The van der Waals surface area contributed by atoms with Crippen molar-refractivity contribution in [1.82, 2.24) is 0 Å². The van der Waals surface area contributed by atoms with Gasteiger partial charge in [-0.2, -0.15) is 4.99 Å². The Balaban J connectivity index is 2.10. The molecule has 1 aliphatic heterocycles. The van der Waals surface area contributed by atoms with Crippen molar-refractivity contribution < 1.29 is 9.53 Å². The molecule has 0 radical (unpaired) electrons. The summed E-state index contributed by atoms with van der Waals surface area (Å²) in [6.07, 6.45) is 0.150. The lowest BCUT2D eigenvalue weighted by molar-refractivity contribution is 0.0999. The number of carbonyl (C=O) groups excluding carboxylic acids is 1.